The fourth-order valence-corrected chi connectivity index (χ4v) is 2.79. The Bertz CT molecular complexity index is 580. The Morgan fingerprint density at radius 3 is 2.48 bits per heavy atom. The number of nitrogens with zero attached hydrogens (tertiary/aromatic N) is 3. The Kier molecular flexibility index (Phi) is 4.40. The van der Waals surface area contributed by atoms with Gasteiger partial charge >= 0.3 is 0 Å². The molecule has 1 atom stereocenters. The van der Waals surface area contributed by atoms with Crippen molar-refractivity contribution in [3.05, 3.63) is 41.4 Å². The van der Waals surface area contributed by atoms with Crippen molar-refractivity contribution in [2.45, 2.75) is 53.6 Å². The number of anilines is 2. The normalized spacial score (nSPS) is 17.8. The number of hydrogen-bond acceptors (Lipinski definition) is 3. The molecule has 2 rings (SSSR count). The molecule has 1 aromatic heterocycles. The molecule has 1 aliphatic heterocycles. The van der Waals surface area contributed by atoms with E-state index in [4.69, 9.17) is 0 Å². The fourth-order valence-electron chi connectivity index (χ4n) is 2.79. The molecule has 0 aliphatic carbocycles. The van der Waals surface area contributed by atoms with Crippen LogP contribution in [0.4, 0.5) is 11.4 Å². The van der Waals surface area contributed by atoms with Crippen molar-refractivity contribution < 1.29 is 0 Å². The molecule has 0 saturated heterocycles. The van der Waals surface area contributed by atoms with Crippen LogP contribution in [-0.4, -0.2) is 18.2 Å². The minimum atomic E-state index is 0.297. The second-order valence-corrected chi connectivity index (χ2v) is 6.25. The lowest BCUT2D eigenvalue weighted by Crippen LogP contribution is -2.38. The summed E-state index contributed by atoms with van der Waals surface area (Å²) in [6.45, 7) is 13.0. The highest BCUT2D eigenvalue weighted by Crippen LogP contribution is 2.42. The van der Waals surface area contributed by atoms with Gasteiger partial charge in [-0.1, -0.05) is 25.5 Å². The first kappa shape index (κ1) is 15.6. The first-order valence-electron chi connectivity index (χ1n) is 7.70. The lowest BCUT2D eigenvalue weighted by molar-refractivity contribution is 0.713. The van der Waals surface area contributed by atoms with Crippen molar-refractivity contribution in [1.82, 2.24) is 4.98 Å². The zero-order valence-corrected chi connectivity index (χ0v) is 14.3. The number of aromatic nitrogens is 1. The molecule has 114 valence electrons. The summed E-state index contributed by atoms with van der Waals surface area (Å²) in [7, 11) is 2.14. The molecule has 0 amide bonds. The van der Waals surface area contributed by atoms with Gasteiger partial charge in [-0.3, -0.25) is 4.98 Å². The van der Waals surface area contributed by atoms with Crippen LogP contribution in [0.25, 0.3) is 0 Å². The molecule has 0 bridgehead atoms. The average molecular weight is 285 g/mol. The molecule has 0 saturated carbocycles. The first-order valence-corrected chi connectivity index (χ1v) is 7.70. The number of rotatable bonds is 3. The van der Waals surface area contributed by atoms with Crippen molar-refractivity contribution in [3.8, 4) is 0 Å². The summed E-state index contributed by atoms with van der Waals surface area (Å²) in [5.74, 6) is 0.440. The minimum absolute atomic E-state index is 0.297. The number of allylic oxidation sites excluding steroid dienone is 3. The molecule has 3 nitrogen and oxygen atoms in total. The summed E-state index contributed by atoms with van der Waals surface area (Å²) in [5, 5.41) is 0. The van der Waals surface area contributed by atoms with Gasteiger partial charge in [-0.25, -0.2) is 0 Å². The molecule has 1 aromatic rings. The van der Waals surface area contributed by atoms with E-state index in [0.717, 1.165) is 5.69 Å². The van der Waals surface area contributed by atoms with E-state index in [9.17, 15) is 0 Å². The number of hydrogen-bond donors (Lipinski definition) is 0. The predicted molar refractivity (Wildman–Crippen MR) is 91.9 cm³/mol. The number of pyridine rings is 1. The molecule has 1 unspecified atom stereocenters. The third-order valence-corrected chi connectivity index (χ3v) is 4.14. The van der Waals surface area contributed by atoms with Gasteiger partial charge in [0, 0.05) is 18.4 Å². The molecule has 0 fully saturated rings. The summed E-state index contributed by atoms with van der Waals surface area (Å²) in [5.41, 5.74) is 6.21. The quantitative estimate of drug-likeness (QED) is 0.752. The summed E-state index contributed by atoms with van der Waals surface area (Å²) >= 11 is 0. The van der Waals surface area contributed by atoms with Crippen LogP contribution in [0.15, 0.2) is 35.7 Å². The van der Waals surface area contributed by atoms with Crippen LogP contribution in [0.3, 0.4) is 0 Å². The maximum atomic E-state index is 4.62. The highest BCUT2D eigenvalue weighted by atomic mass is 15.4. The Labute approximate surface area is 129 Å². The van der Waals surface area contributed by atoms with Crippen molar-refractivity contribution in [2.24, 2.45) is 0 Å². The van der Waals surface area contributed by atoms with E-state index in [0.29, 0.717) is 12.1 Å². The van der Waals surface area contributed by atoms with Crippen LogP contribution >= 0.6 is 0 Å². The molecule has 0 radical (unpaired) electrons. The van der Waals surface area contributed by atoms with Gasteiger partial charge in [-0.15, -0.1) is 0 Å². The maximum absolute atomic E-state index is 4.62. The van der Waals surface area contributed by atoms with Gasteiger partial charge in [0.25, 0.3) is 0 Å². The monoisotopic (exact) mass is 285 g/mol. The molecule has 0 N–H and O–H groups in total. The van der Waals surface area contributed by atoms with Gasteiger partial charge in [0.05, 0.1) is 17.6 Å². The second kappa shape index (κ2) is 5.92. The van der Waals surface area contributed by atoms with Gasteiger partial charge in [0.2, 0.25) is 0 Å². The Morgan fingerprint density at radius 1 is 1.29 bits per heavy atom. The SMILES string of the molecule is C/C=C\C(=C(C)C)N1c2cc(C(C)C)ncc2N(C)C1C. The maximum Gasteiger partial charge on any atom is 0.103 e. The van der Waals surface area contributed by atoms with Crippen molar-refractivity contribution in [3.63, 3.8) is 0 Å². The highest BCUT2D eigenvalue weighted by molar-refractivity contribution is 5.80. The minimum Gasteiger partial charge on any atom is -0.351 e. The predicted octanol–water partition coefficient (Wildman–Crippen LogP) is 4.68. The van der Waals surface area contributed by atoms with Crippen LogP contribution in [0.1, 0.15) is 53.2 Å². The van der Waals surface area contributed by atoms with E-state index in [2.05, 4.69) is 81.6 Å². The van der Waals surface area contributed by atoms with Gasteiger partial charge in [0.1, 0.15) is 6.17 Å². The smallest absolute Gasteiger partial charge is 0.103 e. The molecule has 2 heterocycles. The lowest BCUT2D eigenvalue weighted by Gasteiger charge is -2.29. The highest BCUT2D eigenvalue weighted by Gasteiger charge is 2.33. The third-order valence-electron chi connectivity index (χ3n) is 4.14. The van der Waals surface area contributed by atoms with Crippen LogP contribution in [0.2, 0.25) is 0 Å². The van der Waals surface area contributed by atoms with Gasteiger partial charge in [-0.05, 0) is 45.8 Å². The van der Waals surface area contributed by atoms with E-state index in [1.54, 1.807) is 0 Å². The molecule has 3 heteroatoms. The summed E-state index contributed by atoms with van der Waals surface area (Å²) in [6.07, 6.45) is 6.62. The molecule has 1 aliphatic rings. The molecular formula is C18H27N3. The zero-order chi connectivity index (χ0) is 15.7. The van der Waals surface area contributed by atoms with Crippen LogP contribution in [0, 0.1) is 0 Å². The van der Waals surface area contributed by atoms with Crippen LogP contribution < -0.4 is 9.80 Å². The van der Waals surface area contributed by atoms with E-state index in [-0.39, 0.29) is 0 Å². The summed E-state index contributed by atoms with van der Waals surface area (Å²) in [4.78, 5) is 9.32. The third kappa shape index (κ3) is 2.69. The van der Waals surface area contributed by atoms with E-state index < -0.39 is 0 Å². The Morgan fingerprint density at radius 2 is 1.95 bits per heavy atom. The first-order chi connectivity index (χ1) is 9.88. The van der Waals surface area contributed by atoms with Crippen LogP contribution in [-0.2, 0) is 0 Å². The van der Waals surface area contributed by atoms with Crippen molar-refractivity contribution in [1.29, 1.82) is 0 Å². The Hall–Kier alpha value is -1.77. The standard InChI is InChI=1S/C18H27N3/c1-8-9-16(13(4)5)21-14(6)20(7)18-11-19-15(12(2)3)10-17(18)21/h8-12,14H,1-7H3/b9-8-. The van der Waals surface area contributed by atoms with E-state index in [1.165, 1.54) is 22.6 Å². The number of fused-ring (bicyclic) bond motifs is 1. The largest absolute Gasteiger partial charge is 0.351 e. The molecular weight excluding hydrogens is 258 g/mol. The van der Waals surface area contributed by atoms with Gasteiger partial charge in [-0.2, -0.15) is 0 Å². The topological polar surface area (TPSA) is 19.4 Å². The van der Waals surface area contributed by atoms with Gasteiger partial charge < -0.3 is 9.80 Å². The average Bonchev–Trinajstić information content (AvgIpc) is 2.68. The molecule has 21 heavy (non-hydrogen) atoms. The summed E-state index contributed by atoms with van der Waals surface area (Å²) < 4.78 is 0. The van der Waals surface area contributed by atoms with Crippen molar-refractivity contribution >= 4 is 11.4 Å². The molecule has 0 spiro atoms. The lowest BCUT2D eigenvalue weighted by atomic mass is 10.1. The van der Waals surface area contributed by atoms with Gasteiger partial charge in [0.15, 0.2) is 0 Å². The van der Waals surface area contributed by atoms with E-state index in [1.807, 2.05) is 6.20 Å². The zero-order valence-electron chi connectivity index (χ0n) is 14.3. The van der Waals surface area contributed by atoms with Crippen LogP contribution in [0.5, 0.6) is 0 Å². The fraction of sp³-hybridized carbons (Fsp3) is 0.500. The Balaban J connectivity index is 2.60. The second-order valence-electron chi connectivity index (χ2n) is 6.25. The van der Waals surface area contributed by atoms with Crippen molar-refractivity contribution in [2.75, 3.05) is 16.8 Å². The summed E-state index contributed by atoms with van der Waals surface area (Å²) in [6, 6.07) is 2.24. The van der Waals surface area contributed by atoms with E-state index >= 15 is 0 Å². The molecule has 0 aromatic carbocycles.